The number of para-hydroxylation sites is 2. The van der Waals surface area contributed by atoms with E-state index >= 15 is 0 Å². The molecule has 0 aliphatic carbocycles. The van der Waals surface area contributed by atoms with Gasteiger partial charge in [-0.1, -0.05) is 121 Å². The van der Waals surface area contributed by atoms with Gasteiger partial charge in [0.2, 0.25) is 5.69 Å². The van der Waals surface area contributed by atoms with Crippen LogP contribution >= 0.6 is 0 Å². The SMILES string of the molecule is [C-]#[N+]c1c(-c2ccccc2)c(C#N)c(-n2c3ccccc3c3c4oc5ccccc5c4ccc32)c(-c2ccccc2)c1-n1c2cncc3c4ccccc4c4cncc1c4c32. The first-order valence-electron chi connectivity index (χ1n) is 20.1. The average molecular weight is 777 g/mol. The fourth-order valence-corrected chi connectivity index (χ4v) is 10.1. The van der Waals surface area contributed by atoms with Gasteiger partial charge in [-0.15, -0.1) is 0 Å². The third-order valence-corrected chi connectivity index (χ3v) is 12.5. The number of benzene rings is 8. The number of fused-ring (bicyclic) bond motifs is 10. The molecule has 7 nitrogen and oxygen atoms in total. The lowest BCUT2D eigenvalue weighted by Crippen LogP contribution is -2.08. The molecule has 0 aliphatic rings. The van der Waals surface area contributed by atoms with Gasteiger partial charge < -0.3 is 13.6 Å². The van der Waals surface area contributed by atoms with Crippen LogP contribution in [-0.2, 0) is 0 Å². The van der Waals surface area contributed by atoms with E-state index in [-0.39, 0.29) is 0 Å². The molecule has 0 aliphatic heterocycles. The van der Waals surface area contributed by atoms with Crippen LogP contribution in [0.4, 0.5) is 5.69 Å². The molecule has 0 amide bonds. The lowest BCUT2D eigenvalue weighted by atomic mass is 9.88. The van der Waals surface area contributed by atoms with E-state index in [1.807, 2.05) is 104 Å². The van der Waals surface area contributed by atoms with E-state index in [1.165, 1.54) is 0 Å². The Kier molecular flexibility index (Phi) is 6.73. The van der Waals surface area contributed by atoms with Crippen molar-refractivity contribution in [1.29, 1.82) is 5.26 Å². The second kappa shape index (κ2) is 12.4. The number of pyridine rings is 2. The Morgan fingerprint density at radius 1 is 0.475 bits per heavy atom. The van der Waals surface area contributed by atoms with E-state index in [0.717, 1.165) is 104 Å². The normalized spacial score (nSPS) is 11.9. The van der Waals surface area contributed by atoms with E-state index < -0.39 is 0 Å². The van der Waals surface area contributed by atoms with Crippen LogP contribution in [0.15, 0.2) is 175 Å². The van der Waals surface area contributed by atoms with Crippen molar-refractivity contribution < 1.29 is 4.42 Å². The summed E-state index contributed by atoms with van der Waals surface area (Å²) in [6, 6.07) is 51.8. The summed E-state index contributed by atoms with van der Waals surface area (Å²) in [4.78, 5) is 14.2. The van der Waals surface area contributed by atoms with E-state index in [0.29, 0.717) is 28.2 Å². The summed E-state index contributed by atoms with van der Waals surface area (Å²) in [6.45, 7) is 9.13. The van der Waals surface area contributed by atoms with Gasteiger partial charge in [-0.25, -0.2) is 4.85 Å². The molecule has 280 valence electrons. The molecule has 13 rings (SSSR count). The quantitative estimate of drug-likeness (QED) is 0.132. The Labute approximate surface area is 347 Å². The summed E-state index contributed by atoms with van der Waals surface area (Å²) in [5.74, 6) is 0. The van der Waals surface area contributed by atoms with Crippen LogP contribution in [0.2, 0.25) is 0 Å². The minimum absolute atomic E-state index is 0.358. The highest BCUT2D eigenvalue weighted by atomic mass is 16.3. The predicted molar refractivity (Wildman–Crippen MR) is 246 cm³/mol. The predicted octanol–water partition coefficient (Wildman–Crippen LogP) is 14.1. The van der Waals surface area contributed by atoms with Crippen molar-refractivity contribution >= 4 is 92.8 Å². The molecular weight excluding hydrogens is 749 g/mol. The van der Waals surface area contributed by atoms with Crippen molar-refractivity contribution in [2.24, 2.45) is 0 Å². The Bertz CT molecular complexity index is 3980. The molecule has 7 heteroatoms. The molecule has 0 spiro atoms. The summed E-state index contributed by atoms with van der Waals surface area (Å²) in [5.41, 5.74) is 10.0. The molecule has 0 saturated heterocycles. The van der Waals surface area contributed by atoms with Crippen LogP contribution in [0.25, 0.3) is 126 Å². The Balaban J connectivity index is 1.31. The Hall–Kier alpha value is -8.78. The van der Waals surface area contributed by atoms with E-state index in [9.17, 15) is 5.26 Å². The number of hydrogen-bond donors (Lipinski definition) is 0. The van der Waals surface area contributed by atoms with Gasteiger partial charge in [0, 0.05) is 61.2 Å². The minimum atomic E-state index is 0.358. The highest BCUT2D eigenvalue weighted by molar-refractivity contribution is 6.34. The van der Waals surface area contributed by atoms with Gasteiger partial charge >= 0.3 is 0 Å². The first kappa shape index (κ1) is 33.2. The van der Waals surface area contributed by atoms with Crippen LogP contribution in [0.3, 0.4) is 0 Å². The van der Waals surface area contributed by atoms with Crippen molar-refractivity contribution in [2.75, 3.05) is 0 Å². The summed E-state index contributed by atoms with van der Waals surface area (Å²) in [6.07, 6.45) is 7.69. The molecule has 5 aromatic heterocycles. The molecule has 8 aromatic carbocycles. The summed E-state index contributed by atoms with van der Waals surface area (Å²) in [5, 5.41) is 22.0. The second-order valence-corrected chi connectivity index (χ2v) is 15.5. The maximum absolute atomic E-state index is 11.7. The molecule has 0 radical (unpaired) electrons. The number of nitriles is 1. The number of rotatable bonds is 4. The summed E-state index contributed by atoms with van der Waals surface area (Å²) < 4.78 is 11.1. The van der Waals surface area contributed by atoms with Gasteiger partial charge in [-0.05, 0) is 46.2 Å². The summed E-state index contributed by atoms with van der Waals surface area (Å²) >= 11 is 0. The third kappa shape index (κ3) is 4.33. The number of aromatic nitrogens is 4. The zero-order valence-corrected chi connectivity index (χ0v) is 32.3. The van der Waals surface area contributed by atoms with Crippen LogP contribution in [0.5, 0.6) is 0 Å². The number of nitrogens with zero attached hydrogens (tertiary/aromatic N) is 6. The minimum Gasteiger partial charge on any atom is -0.455 e. The lowest BCUT2D eigenvalue weighted by molar-refractivity contribution is 0.673. The smallest absolute Gasteiger partial charge is 0.220 e. The van der Waals surface area contributed by atoms with Crippen molar-refractivity contribution in [3.63, 3.8) is 0 Å². The topological polar surface area (TPSA) is 76.9 Å². The van der Waals surface area contributed by atoms with E-state index in [4.69, 9.17) is 21.0 Å². The zero-order chi connectivity index (χ0) is 40.3. The molecule has 5 heterocycles. The van der Waals surface area contributed by atoms with Crippen LogP contribution in [-0.4, -0.2) is 19.1 Å². The van der Waals surface area contributed by atoms with Crippen LogP contribution in [0, 0.1) is 17.9 Å². The maximum Gasteiger partial charge on any atom is 0.220 e. The highest BCUT2D eigenvalue weighted by Crippen LogP contribution is 2.53. The molecule has 61 heavy (non-hydrogen) atoms. The molecule has 0 fully saturated rings. The molecular formula is C54H28N6O. The average Bonchev–Trinajstić information content (AvgIpc) is 3.99. The third-order valence-electron chi connectivity index (χ3n) is 12.5. The molecule has 0 bridgehead atoms. The fourth-order valence-electron chi connectivity index (χ4n) is 10.1. The standard InChI is InChI=1S/C54H28N6O/c1-56-51-46(31-14-4-2-5-15-31)38(26-55)52(59-41-22-12-10-21-37(41)50-42(59)25-24-36-35-20-11-13-23-45(35)61-54(36)50)47(32-16-6-3-7-17-32)53(51)60-43-29-57-27-39-33-18-8-9-19-34(33)40-28-58-30-44(60)49(40)48(39)43/h2-25,27-30H. The van der Waals surface area contributed by atoms with Gasteiger partial charge in [0.05, 0.1) is 63.4 Å². The molecule has 0 atom stereocenters. The first-order chi connectivity index (χ1) is 30.2. The van der Waals surface area contributed by atoms with E-state index in [2.05, 4.69) is 86.8 Å². The van der Waals surface area contributed by atoms with Crippen molar-refractivity contribution in [3.05, 3.63) is 187 Å². The zero-order valence-electron chi connectivity index (χ0n) is 32.3. The highest BCUT2D eigenvalue weighted by Gasteiger charge is 2.33. The van der Waals surface area contributed by atoms with Crippen molar-refractivity contribution in [1.82, 2.24) is 19.1 Å². The molecule has 0 unspecified atom stereocenters. The van der Waals surface area contributed by atoms with Crippen molar-refractivity contribution in [2.45, 2.75) is 0 Å². The van der Waals surface area contributed by atoms with Crippen molar-refractivity contribution in [3.8, 4) is 39.7 Å². The van der Waals surface area contributed by atoms with Gasteiger partial charge in [-0.2, -0.15) is 5.26 Å². The fraction of sp³-hybridized carbons (Fsp3) is 0. The molecule has 0 saturated carbocycles. The molecule has 0 N–H and O–H groups in total. The Morgan fingerprint density at radius 3 is 1.67 bits per heavy atom. The summed E-state index contributed by atoms with van der Waals surface area (Å²) in [7, 11) is 0. The van der Waals surface area contributed by atoms with E-state index in [1.54, 1.807) is 0 Å². The first-order valence-corrected chi connectivity index (χ1v) is 20.1. The Morgan fingerprint density at radius 2 is 1.03 bits per heavy atom. The largest absolute Gasteiger partial charge is 0.455 e. The monoisotopic (exact) mass is 776 g/mol. The lowest BCUT2D eigenvalue weighted by Gasteiger charge is -2.25. The van der Waals surface area contributed by atoms with Gasteiger partial charge in [-0.3, -0.25) is 9.97 Å². The maximum atomic E-state index is 11.7. The van der Waals surface area contributed by atoms with Crippen LogP contribution < -0.4 is 0 Å². The second-order valence-electron chi connectivity index (χ2n) is 15.5. The van der Waals surface area contributed by atoms with Gasteiger partial charge in [0.25, 0.3) is 0 Å². The van der Waals surface area contributed by atoms with Gasteiger partial charge in [0.15, 0.2) is 0 Å². The van der Waals surface area contributed by atoms with Crippen LogP contribution in [0.1, 0.15) is 5.56 Å². The number of furan rings is 1. The number of hydrogen-bond acceptors (Lipinski definition) is 4. The van der Waals surface area contributed by atoms with Gasteiger partial charge in [0.1, 0.15) is 17.2 Å². The molecule has 13 aromatic rings.